The van der Waals surface area contributed by atoms with E-state index in [1.807, 2.05) is 0 Å². The summed E-state index contributed by atoms with van der Waals surface area (Å²) < 4.78 is 4.47. The van der Waals surface area contributed by atoms with Crippen molar-refractivity contribution in [2.75, 3.05) is 32.8 Å². The van der Waals surface area contributed by atoms with E-state index >= 15 is 0 Å². The normalized spacial score (nSPS) is 20.7. The molecule has 2 amide bonds. The Morgan fingerprint density at radius 3 is 2.87 bits per heavy atom. The standard InChI is InChI=1S/C8H16N4O3/c9-8(14)15-4-3-12-7(13)6-5-10-1-2-11-6/h6,10-11H,1-5H2,(H2,9,14)(H,12,13). The molecule has 1 aliphatic rings. The van der Waals surface area contributed by atoms with Gasteiger partial charge in [-0.2, -0.15) is 0 Å². The average molecular weight is 216 g/mol. The highest BCUT2D eigenvalue weighted by atomic mass is 16.5. The number of piperazine rings is 1. The van der Waals surface area contributed by atoms with Crippen LogP contribution < -0.4 is 21.7 Å². The molecule has 0 aromatic carbocycles. The van der Waals surface area contributed by atoms with Gasteiger partial charge in [-0.1, -0.05) is 0 Å². The van der Waals surface area contributed by atoms with Crippen molar-refractivity contribution < 1.29 is 14.3 Å². The van der Waals surface area contributed by atoms with Gasteiger partial charge in [-0.25, -0.2) is 4.79 Å². The van der Waals surface area contributed by atoms with Crippen molar-refractivity contribution >= 4 is 12.0 Å². The van der Waals surface area contributed by atoms with Gasteiger partial charge < -0.3 is 26.4 Å². The Labute approximate surface area is 87.7 Å². The van der Waals surface area contributed by atoms with Crippen LogP contribution in [-0.4, -0.2) is 50.8 Å². The van der Waals surface area contributed by atoms with Crippen molar-refractivity contribution in [1.82, 2.24) is 16.0 Å². The molecule has 1 unspecified atom stereocenters. The quantitative estimate of drug-likeness (QED) is 0.398. The second kappa shape index (κ2) is 6.20. The summed E-state index contributed by atoms with van der Waals surface area (Å²) in [4.78, 5) is 21.7. The number of nitrogens with one attached hydrogen (secondary N) is 3. The van der Waals surface area contributed by atoms with Crippen LogP contribution in [0.5, 0.6) is 0 Å². The summed E-state index contributed by atoms with van der Waals surface area (Å²) >= 11 is 0. The van der Waals surface area contributed by atoms with E-state index in [1.54, 1.807) is 0 Å². The van der Waals surface area contributed by atoms with Crippen molar-refractivity contribution in [3.8, 4) is 0 Å². The van der Waals surface area contributed by atoms with Crippen LogP contribution in [0, 0.1) is 0 Å². The SMILES string of the molecule is NC(=O)OCCNC(=O)C1CNCCN1. The van der Waals surface area contributed by atoms with E-state index in [9.17, 15) is 9.59 Å². The van der Waals surface area contributed by atoms with Crippen LogP contribution in [0.15, 0.2) is 0 Å². The van der Waals surface area contributed by atoms with Gasteiger partial charge in [0.2, 0.25) is 5.91 Å². The van der Waals surface area contributed by atoms with Crippen molar-refractivity contribution in [2.45, 2.75) is 6.04 Å². The minimum atomic E-state index is -0.832. The van der Waals surface area contributed by atoms with Crippen LogP contribution in [0.3, 0.4) is 0 Å². The van der Waals surface area contributed by atoms with Gasteiger partial charge in [0.25, 0.3) is 0 Å². The molecule has 0 saturated carbocycles. The van der Waals surface area contributed by atoms with Crippen LogP contribution in [0.25, 0.3) is 0 Å². The van der Waals surface area contributed by atoms with Crippen molar-refractivity contribution in [2.24, 2.45) is 5.73 Å². The number of amides is 2. The number of nitrogens with two attached hydrogens (primary N) is 1. The van der Waals surface area contributed by atoms with Crippen molar-refractivity contribution in [3.05, 3.63) is 0 Å². The van der Waals surface area contributed by atoms with Crippen molar-refractivity contribution in [1.29, 1.82) is 0 Å². The van der Waals surface area contributed by atoms with Gasteiger partial charge in [-0.15, -0.1) is 0 Å². The van der Waals surface area contributed by atoms with E-state index in [1.165, 1.54) is 0 Å². The lowest BCUT2D eigenvalue weighted by Crippen LogP contribution is -2.56. The second-order valence-electron chi connectivity index (χ2n) is 3.17. The van der Waals surface area contributed by atoms with E-state index in [-0.39, 0.29) is 25.1 Å². The molecule has 0 aliphatic carbocycles. The first kappa shape index (κ1) is 11.7. The molecule has 7 heteroatoms. The fourth-order valence-corrected chi connectivity index (χ4v) is 1.29. The Hall–Kier alpha value is -1.34. The lowest BCUT2D eigenvalue weighted by molar-refractivity contribution is -0.123. The molecule has 0 bridgehead atoms. The highest BCUT2D eigenvalue weighted by molar-refractivity contribution is 5.82. The molecule has 1 saturated heterocycles. The summed E-state index contributed by atoms with van der Waals surface area (Å²) in [6.45, 7) is 2.63. The molecule has 1 rings (SSSR count). The Kier molecular flexibility index (Phi) is 4.85. The molecule has 1 heterocycles. The van der Waals surface area contributed by atoms with Gasteiger partial charge in [0.05, 0.1) is 12.6 Å². The summed E-state index contributed by atoms with van der Waals surface area (Å²) in [5.74, 6) is -0.102. The van der Waals surface area contributed by atoms with E-state index in [0.717, 1.165) is 13.1 Å². The van der Waals surface area contributed by atoms with Gasteiger partial charge in [0.15, 0.2) is 0 Å². The van der Waals surface area contributed by atoms with Crippen molar-refractivity contribution in [3.63, 3.8) is 0 Å². The molecule has 0 aromatic heterocycles. The predicted molar refractivity (Wildman–Crippen MR) is 53.2 cm³/mol. The number of primary amides is 1. The number of hydrogen-bond acceptors (Lipinski definition) is 5. The monoisotopic (exact) mass is 216 g/mol. The zero-order valence-electron chi connectivity index (χ0n) is 8.41. The third-order valence-electron chi connectivity index (χ3n) is 2.00. The second-order valence-corrected chi connectivity index (χ2v) is 3.17. The topological polar surface area (TPSA) is 105 Å². The molecule has 7 nitrogen and oxygen atoms in total. The molecule has 86 valence electrons. The molecule has 0 aromatic rings. The number of rotatable bonds is 4. The fourth-order valence-electron chi connectivity index (χ4n) is 1.29. The van der Waals surface area contributed by atoms with Gasteiger partial charge in [-0.05, 0) is 0 Å². The zero-order chi connectivity index (χ0) is 11.1. The molecule has 0 radical (unpaired) electrons. The largest absolute Gasteiger partial charge is 0.448 e. The van der Waals surface area contributed by atoms with Crippen LogP contribution >= 0.6 is 0 Å². The Bertz CT molecular complexity index is 228. The third-order valence-corrected chi connectivity index (χ3v) is 2.00. The summed E-state index contributed by atoms with van der Waals surface area (Å²) in [6, 6.07) is -0.215. The molecule has 1 fully saturated rings. The Morgan fingerprint density at radius 2 is 2.27 bits per heavy atom. The van der Waals surface area contributed by atoms with E-state index in [4.69, 9.17) is 5.73 Å². The molecular weight excluding hydrogens is 200 g/mol. The minimum Gasteiger partial charge on any atom is -0.448 e. The zero-order valence-corrected chi connectivity index (χ0v) is 8.41. The van der Waals surface area contributed by atoms with E-state index in [0.29, 0.717) is 6.54 Å². The van der Waals surface area contributed by atoms with E-state index < -0.39 is 6.09 Å². The van der Waals surface area contributed by atoms with Crippen LogP contribution in [0.2, 0.25) is 0 Å². The lowest BCUT2D eigenvalue weighted by atomic mass is 10.2. The highest BCUT2D eigenvalue weighted by Gasteiger charge is 2.19. The average Bonchev–Trinajstić information content (AvgIpc) is 2.25. The summed E-state index contributed by atoms with van der Waals surface area (Å²) in [7, 11) is 0. The molecule has 1 atom stereocenters. The molecule has 15 heavy (non-hydrogen) atoms. The maximum absolute atomic E-state index is 11.5. The fraction of sp³-hybridized carbons (Fsp3) is 0.750. The number of carbonyl (C=O) groups is 2. The number of hydrogen-bond donors (Lipinski definition) is 4. The molecular formula is C8H16N4O3. The summed E-state index contributed by atoms with van der Waals surface area (Å²) in [6.07, 6.45) is -0.832. The summed E-state index contributed by atoms with van der Waals surface area (Å²) in [5, 5.41) is 8.79. The summed E-state index contributed by atoms with van der Waals surface area (Å²) in [5.41, 5.74) is 4.76. The van der Waals surface area contributed by atoms with Gasteiger partial charge >= 0.3 is 6.09 Å². The van der Waals surface area contributed by atoms with E-state index in [2.05, 4.69) is 20.7 Å². The smallest absolute Gasteiger partial charge is 0.404 e. The lowest BCUT2D eigenvalue weighted by Gasteiger charge is -2.23. The van der Waals surface area contributed by atoms with Gasteiger partial charge in [0, 0.05) is 19.6 Å². The first-order chi connectivity index (χ1) is 7.20. The minimum absolute atomic E-state index is 0.0984. The molecule has 1 aliphatic heterocycles. The predicted octanol–water partition coefficient (Wildman–Crippen LogP) is -2.24. The maximum Gasteiger partial charge on any atom is 0.404 e. The highest BCUT2D eigenvalue weighted by Crippen LogP contribution is 1.86. The van der Waals surface area contributed by atoms with Crippen LogP contribution in [-0.2, 0) is 9.53 Å². The first-order valence-corrected chi connectivity index (χ1v) is 4.84. The third kappa shape index (κ3) is 4.61. The maximum atomic E-state index is 11.5. The Balaban J connectivity index is 2.09. The number of ether oxygens (including phenoxy) is 1. The Morgan fingerprint density at radius 1 is 1.47 bits per heavy atom. The molecule has 0 spiro atoms. The van der Waals surface area contributed by atoms with Crippen LogP contribution in [0.4, 0.5) is 4.79 Å². The number of carbonyl (C=O) groups excluding carboxylic acids is 2. The van der Waals surface area contributed by atoms with Crippen LogP contribution in [0.1, 0.15) is 0 Å². The van der Waals surface area contributed by atoms with Gasteiger partial charge in [0.1, 0.15) is 6.61 Å². The van der Waals surface area contributed by atoms with Gasteiger partial charge in [-0.3, -0.25) is 4.79 Å². The molecule has 5 N–H and O–H groups in total. The first-order valence-electron chi connectivity index (χ1n) is 4.84.